The number of fused-ring (bicyclic) bond motifs is 1. The van der Waals surface area contributed by atoms with Crippen LogP contribution in [0.3, 0.4) is 0 Å². The normalized spacial score (nSPS) is 10.3. The van der Waals surface area contributed by atoms with Gasteiger partial charge in [-0.3, -0.25) is 10.4 Å². The Morgan fingerprint density at radius 1 is 1.53 bits per heavy atom. The van der Waals surface area contributed by atoms with Crippen molar-refractivity contribution < 1.29 is 9.53 Å². The molecule has 1 heterocycles. The summed E-state index contributed by atoms with van der Waals surface area (Å²) in [7, 11) is 0. The van der Waals surface area contributed by atoms with Crippen LogP contribution in [-0.4, -0.2) is 11.1 Å². The van der Waals surface area contributed by atoms with Gasteiger partial charge in [0, 0.05) is 11.6 Å². The summed E-state index contributed by atoms with van der Waals surface area (Å²) in [6.45, 7) is 1.92. The van der Waals surface area contributed by atoms with E-state index in [2.05, 4.69) is 4.98 Å². The average molecular weight is 252 g/mol. The molecule has 0 aliphatic carbocycles. The highest BCUT2D eigenvalue weighted by atomic mass is 35.5. The van der Waals surface area contributed by atoms with Crippen molar-refractivity contribution in [3.8, 4) is 5.75 Å². The number of ether oxygens (including phenoxy) is 1. The predicted octanol–water partition coefficient (Wildman–Crippen LogP) is 2.16. The van der Waals surface area contributed by atoms with Gasteiger partial charge in [0.25, 0.3) is 0 Å². The minimum Gasteiger partial charge on any atom is -0.405 e. The number of nitrogens with two attached hydrogens (primary N) is 1. The van der Waals surface area contributed by atoms with Crippen molar-refractivity contribution in [2.75, 3.05) is 0 Å². The van der Waals surface area contributed by atoms with Crippen molar-refractivity contribution in [2.24, 2.45) is 5.84 Å². The third-order valence-corrected chi connectivity index (χ3v) is 2.51. The molecule has 0 spiro atoms. The number of nitrogens with zero attached hydrogens (tertiary/aromatic N) is 1. The number of aromatic nitrogens is 1. The molecule has 1 amide bonds. The summed E-state index contributed by atoms with van der Waals surface area (Å²) in [5.74, 6) is 5.15. The molecular weight excluding hydrogens is 242 g/mol. The molecule has 0 radical (unpaired) electrons. The zero-order valence-electron chi connectivity index (χ0n) is 9.03. The summed E-state index contributed by atoms with van der Waals surface area (Å²) in [4.78, 5) is 15.3. The third-order valence-electron chi connectivity index (χ3n) is 2.21. The molecule has 2 rings (SSSR count). The number of hydrazine groups is 1. The number of nitrogens with one attached hydrogen (secondary N) is 1. The Morgan fingerprint density at radius 2 is 2.29 bits per heavy atom. The molecule has 0 aliphatic heterocycles. The van der Waals surface area contributed by atoms with Crippen LogP contribution in [0.2, 0.25) is 5.02 Å². The maximum Gasteiger partial charge on any atom is 0.426 e. The average Bonchev–Trinajstić information content (AvgIpc) is 2.32. The second-order valence-electron chi connectivity index (χ2n) is 3.49. The standard InChI is InChI=1S/C11H10ClN3O2/c1-6-4-7-2-3-8(12)10(9(7)14-5-6)17-11(16)15-13/h2-5H,13H2,1H3,(H,15,16). The van der Waals surface area contributed by atoms with Gasteiger partial charge in [-0.15, -0.1) is 0 Å². The van der Waals surface area contributed by atoms with Gasteiger partial charge in [0.15, 0.2) is 5.75 Å². The van der Waals surface area contributed by atoms with E-state index in [0.29, 0.717) is 10.5 Å². The van der Waals surface area contributed by atoms with Gasteiger partial charge in [-0.1, -0.05) is 17.7 Å². The third kappa shape index (κ3) is 2.30. The molecular formula is C11H10ClN3O2. The number of pyridine rings is 1. The number of hydrogen-bond donors (Lipinski definition) is 2. The van der Waals surface area contributed by atoms with Crippen LogP contribution in [0.1, 0.15) is 5.56 Å². The van der Waals surface area contributed by atoms with E-state index in [1.165, 1.54) is 0 Å². The Labute approximate surface area is 103 Å². The summed E-state index contributed by atoms with van der Waals surface area (Å²) in [5, 5.41) is 1.15. The monoisotopic (exact) mass is 251 g/mol. The zero-order chi connectivity index (χ0) is 12.4. The minimum absolute atomic E-state index is 0.201. The molecule has 5 nitrogen and oxygen atoms in total. The largest absolute Gasteiger partial charge is 0.426 e. The fraction of sp³-hybridized carbons (Fsp3) is 0.0909. The van der Waals surface area contributed by atoms with Crippen LogP contribution in [0.25, 0.3) is 10.9 Å². The lowest BCUT2D eigenvalue weighted by molar-refractivity contribution is 0.201. The molecule has 3 N–H and O–H groups in total. The SMILES string of the molecule is Cc1cnc2c(OC(=O)NN)c(Cl)ccc2c1. The molecule has 0 aliphatic rings. The van der Waals surface area contributed by atoms with E-state index in [9.17, 15) is 4.79 Å². The molecule has 0 saturated carbocycles. The quantitative estimate of drug-likeness (QED) is 0.463. The zero-order valence-corrected chi connectivity index (χ0v) is 9.78. The summed E-state index contributed by atoms with van der Waals surface area (Å²) >= 11 is 5.96. The Hall–Kier alpha value is -1.85. The van der Waals surface area contributed by atoms with Crippen molar-refractivity contribution in [3.63, 3.8) is 0 Å². The number of aryl methyl sites for hydroxylation is 1. The fourth-order valence-electron chi connectivity index (χ4n) is 1.48. The van der Waals surface area contributed by atoms with Crippen LogP contribution in [0.4, 0.5) is 4.79 Å². The van der Waals surface area contributed by atoms with E-state index in [-0.39, 0.29) is 5.75 Å². The van der Waals surface area contributed by atoms with Crippen LogP contribution in [0.5, 0.6) is 5.75 Å². The number of amides is 1. The smallest absolute Gasteiger partial charge is 0.405 e. The van der Waals surface area contributed by atoms with Crippen LogP contribution < -0.4 is 16.0 Å². The van der Waals surface area contributed by atoms with Crippen molar-refractivity contribution in [1.29, 1.82) is 0 Å². The Morgan fingerprint density at radius 3 is 3.00 bits per heavy atom. The highest BCUT2D eigenvalue weighted by Gasteiger charge is 2.12. The highest BCUT2D eigenvalue weighted by Crippen LogP contribution is 2.32. The first-order valence-electron chi connectivity index (χ1n) is 4.85. The summed E-state index contributed by atoms with van der Waals surface area (Å²) in [6.07, 6.45) is 0.882. The number of carbonyl (C=O) groups is 1. The van der Waals surface area contributed by atoms with Crippen LogP contribution in [0.15, 0.2) is 24.4 Å². The van der Waals surface area contributed by atoms with Gasteiger partial charge in [0.2, 0.25) is 0 Å². The van der Waals surface area contributed by atoms with Gasteiger partial charge in [0.1, 0.15) is 5.52 Å². The summed E-state index contributed by atoms with van der Waals surface area (Å²) < 4.78 is 4.98. The molecule has 0 atom stereocenters. The van der Waals surface area contributed by atoms with Crippen LogP contribution in [-0.2, 0) is 0 Å². The fourth-order valence-corrected chi connectivity index (χ4v) is 1.67. The summed E-state index contributed by atoms with van der Waals surface area (Å²) in [5.41, 5.74) is 3.40. The second-order valence-corrected chi connectivity index (χ2v) is 3.90. The van der Waals surface area contributed by atoms with Gasteiger partial charge < -0.3 is 4.74 Å². The maximum absolute atomic E-state index is 11.1. The number of carbonyl (C=O) groups excluding carboxylic acids is 1. The van der Waals surface area contributed by atoms with Crippen molar-refractivity contribution in [3.05, 3.63) is 35.0 Å². The lowest BCUT2D eigenvalue weighted by atomic mass is 10.1. The maximum atomic E-state index is 11.1. The number of benzene rings is 1. The van der Waals surface area contributed by atoms with E-state index in [1.807, 2.05) is 24.5 Å². The van der Waals surface area contributed by atoms with Crippen molar-refractivity contribution >= 4 is 28.6 Å². The van der Waals surface area contributed by atoms with Crippen molar-refractivity contribution in [2.45, 2.75) is 6.92 Å². The molecule has 88 valence electrons. The number of rotatable bonds is 1. The van der Waals surface area contributed by atoms with Crippen LogP contribution >= 0.6 is 11.6 Å². The Kier molecular flexibility index (Phi) is 3.12. The first-order valence-corrected chi connectivity index (χ1v) is 5.23. The van der Waals surface area contributed by atoms with Gasteiger partial charge >= 0.3 is 6.09 Å². The Balaban J connectivity index is 2.59. The molecule has 2 aromatic rings. The Bertz CT molecular complexity index is 586. The molecule has 17 heavy (non-hydrogen) atoms. The topological polar surface area (TPSA) is 77.2 Å². The van der Waals surface area contributed by atoms with Crippen molar-refractivity contribution in [1.82, 2.24) is 10.4 Å². The van der Waals surface area contributed by atoms with E-state index < -0.39 is 6.09 Å². The van der Waals surface area contributed by atoms with E-state index in [1.54, 1.807) is 12.3 Å². The lowest BCUT2D eigenvalue weighted by Gasteiger charge is -2.08. The van der Waals surface area contributed by atoms with E-state index in [4.69, 9.17) is 22.2 Å². The molecule has 0 bridgehead atoms. The van der Waals surface area contributed by atoms with Gasteiger partial charge in [-0.25, -0.2) is 10.6 Å². The predicted molar refractivity (Wildman–Crippen MR) is 64.8 cm³/mol. The molecule has 0 fully saturated rings. The number of hydrogen-bond acceptors (Lipinski definition) is 4. The molecule has 6 heteroatoms. The lowest BCUT2D eigenvalue weighted by Crippen LogP contribution is -2.32. The first-order chi connectivity index (χ1) is 8.11. The molecule has 0 saturated heterocycles. The first kappa shape index (κ1) is 11.6. The van der Waals surface area contributed by atoms with E-state index in [0.717, 1.165) is 10.9 Å². The molecule has 1 aromatic carbocycles. The molecule has 1 aromatic heterocycles. The summed E-state index contributed by atoms with van der Waals surface area (Å²) in [6, 6.07) is 5.38. The highest BCUT2D eigenvalue weighted by molar-refractivity contribution is 6.33. The van der Waals surface area contributed by atoms with Gasteiger partial charge in [-0.05, 0) is 24.6 Å². The van der Waals surface area contributed by atoms with Crippen LogP contribution in [0, 0.1) is 6.92 Å². The minimum atomic E-state index is -0.790. The van der Waals surface area contributed by atoms with Gasteiger partial charge in [0.05, 0.1) is 5.02 Å². The van der Waals surface area contributed by atoms with E-state index >= 15 is 0 Å². The van der Waals surface area contributed by atoms with Gasteiger partial charge in [-0.2, -0.15) is 0 Å². The second kappa shape index (κ2) is 4.57. The number of halogens is 1. The molecule has 0 unspecified atom stereocenters.